The van der Waals surface area contributed by atoms with Gasteiger partial charge in [0.2, 0.25) is 0 Å². The van der Waals surface area contributed by atoms with Crippen molar-refractivity contribution >= 4 is 17.4 Å². The number of hydrogen-bond donors (Lipinski definition) is 2. The first-order valence-corrected chi connectivity index (χ1v) is 7.59. The van der Waals surface area contributed by atoms with Gasteiger partial charge in [-0.25, -0.2) is 9.37 Å². The maximum atomic E-state index is 13.8. The fraction of sp³-hybridized carbons (Fsp3) is 0.294. The summed E-state index contributed by atoms with van der Waals surface area (Å²) < 4.78 is 13.8. The molecule has 1 aliphatic rings. The maximum absolute atomic E-state index is 13.8. The minimum absolute atomic E-state index is 0.212. The predicted octanol–water partition coefficient (Wildman–Crippen LogP) is 2.56. The zero-order chi connectivity index (χ0) is 16.2. The van der Waals surface area contributed by atoms with E-state index in [0.717, 1.165) is 6.42 Å². The molecule has 1 aliphatic heterocycles. The van der Waals surface area contributed by atoms with Crippen LogP contribution in [0, 0.1) is 5.82 Å². The quantitative estimate of drug-likeness (QED) is 0.913. The average molecular weight is 315 g/mol. The van der Waals surface area contributed by atoms with E-state index in [4.69, 9.17) is 0 Å². The number of pyridine rings is 1. The molecule has 2 N–H and O–H groups in total. The summed E-state index contributed by atoms with van der Waals surface area (Å²) in [6, 6.07) is 9.55. The van der Waals surface area contributed by atoms with Crippen molar-refractivity contribution in [1.82, 2.24) is 9.88 Å². The smallest absolute Gasteiger partial charge is 0.257 e. The highest BCUT2D eigenvalue weighted by Gasteiger charge is 2.25. The Hall–Kier alpha value is -2.47. The van der Waals surface area contributed by atoms with Crippen LogP contribution in [-0.2, 0) is 0 Å². The third-order valence-electron chi connectivity index (χ3n) is 3.85. The molecule has 120 valence electrons. The number of carbonyl (C=O) groups is 1. The number of aliphatic hydroxyl groups excluding tert-OH is 1. The Morgan fingerprint density at radius 2 is 2.13 bits per heavy atom. The molecule has 2 heterocycles. The van der Waals surface area contributed by atoms with Crippen LogP contribution in [0.5, 0.6) is 0 Å². The predicted molar refractivity (Wildman–Crippen MR) is 85.1 cm³/mol. The number of nitrogens with one attached hydrogen (secondary N) is 1. The number of anilines is 2. The molecule has 0 saturated carbocycles. The number of aliphatic hydroxyl groups is 1. The van der Waals surface area contributed by atoms with Crippen LogP contribution in [0.4, 0.5) is 15.9 Å². The number of hydrogen-bond acceptors (Lipinski definition) is 4. The van der Waals surface area contributed by atoms with Crippen LogP contribution >= 0.6 is 0 Å². The molecule has 2 aromatic rings. The zero-order valence-electron chi connectivity index (χ0n) is 12.6. The van der Waals surface area contributed by atoms with Gasteiger partial charge in [-0.15, -0.1) is 0 Å². The summed E-state index contributed by atoms with van der Waals surface area (Å²) in [5.41, 5.74) is 0.629. The Morgan fingerprint density at radius 3 is 2.91 bits per heavy atom. The minimum atomic E-state index is -0.493. The Balaban J connectivity index is 1.86. The van der Waals surface area contributed by atoms with Gasteiger partial charge in [0.05, 0.1) is 17.4 Å². The first-order valence-electron chi connectivity index (χ1n) is 7.59. The zero-order valence-corrected chi connectivity index (χ0v) is 12.6. The van der Waals surface area contributed by atoms with Crippen LogP contribution in [0.3, 0.4) is 0 Å². The van der Waals surface area contributed by atoms with Gasteiger partial charge in [-0.2, -0.15) is 0 Å². The van der Waals surface area contributed by atoms with Gasteiger partial charge in [-0.05, 0) is 37.1 Å². The number of likely N-dealkylation sites (tertiary alicyclic amines) is 1. The molecule has 0 bridgehead atoms. The lowest BCUT2D eigenvalue weighted by molar-refractivity contribution is 0.0474. The first kappa shape index (κ1) is 15.4. The monoisotopic (exact) mass is 315 g/mol. The first-order chi connectivity index (χ1) is 11.1. The molecule has 23 heavy (non-hydrogen) atoms. The van der Waals surface area contributed by atoms with Gasteiger partial charge in [0.1, 0.15) is 11.6 Å². The lowest BCUT2D eigenvalue weighted by Crippen LogP contribution is -2.42. The third kappa shape index (κ3) is 3.48. The Labute approximate surface area is 133 Å². The van der Waals surface area contributed by atoms with Crippen LogP contribution in [0.15, 0.2) is 42.6 Å². The number of amides is 1. The fourth-order valence-electron chi connectivity index (χ4n) is 2.68. The van der Waals surface area contributed by atoms with Gasteiger partial charge >= 0.3 is 0 Å². The van der Waals surface area contributed by atoms with Gasteiger partial charge in [-0.1, -0.05) is 12.1 Å². The van der Waals surface area contributed by atoms with Gasteiger partial charge in [0.25, 0.3) is 5.91 Å². The highest BCUT2D eigenvalue weighted by atomic mass is 19.1. The Morgan fingerprint density at radius 1 is 1.30 bits per heavy atom. The lowest BCUT2D eigenvalue weighted by atomic mass is 10.1. The van der Waals surface area contributed by atoms with Crippen molar-refractivity contribution in [3.8, 4) is 0 Å². The Kier molecular flexibility index (Phi) is 4.52. The summed E-state index contributed by atoms with van der Waals surface area (Å²) in [7, 11) is 0. The summed E-state index contributed by atoms with van der Waals surface area (Å²) in [4.78, 5) is 18.5. The minimum Gasteiger partial charge on any atom is -0.391 e. The third-order valence-corrected chi connectivity index (χ3v) is 3.85. The second kappa shape index (κ2) is 6.75. The molecule has 6 heteroatoms. The van der Waals surface area contributed by atoms with Crippen LogP contribution in [-0.4, -0.2) is 40.1 Å². The number of piperidine rings is 1. The number of benzene rings is 1. The molecule has 1 saturated heterocycles. The van der Waals surface area contributed by atoms with E-state index in [1.807, 2.05) is 0 Å². The molecule has 1 unspecified atom stereocenters. The summed E-state index contributed by atoms with van der Waals surface area (Å²) in [6.45, 7) is 0.913. The van der Waals surface area contributed by atoms with E-state index in [2.05, 4.69) is 10.3 Å². The fourth-order valence-corrected chi connectivity index (χ4v) is 2.68. The van der Waals surface area contributed by atoms with E-state index in [9.17, 15) is 14.3 Å². The summed E-state index contributed by atoms with van der Waals surface area (Å²) in [5.74, 6) is -0.316. The SMILES string of the molecule is O=C(c1cccnc1Nc1ccccc1F)N1CCCC(O)C1. The lowest BCUT2D eigenvalue weighted by Gasteiger charge is -2.30. The molecule has 0 radical (unpaired) electrons. The van der Waals surface area contributed by atoms with E-state index in [-0.39, 0.29) is 11.6 Å². The molecule has 1 amide bonds. The van der Waals surface area contributed by atoms with E-state index in [0.29, 0.717) is 30.9 Å². The number of para-hydroxylation sites is 1. The van der Waals surface area contributed by atoms with Gasteiger partial charge in [0.15, 0.2) is 0 Å². The van der Waals surface area contributed by atoms with Crippen LogP contribution < -0.4 is 5.32 Å². The van der Waals surface area contributed by atoms with Crippen molar-refractivity contribution in [2.45, 2.75) is 18.9 Å². The average Bonchev–Trinajstić information content (AvgIpc) is 2.57. The van der Waals surface area contributed by atoms with Crippen molar-refractivity contribution in [3.63, 3.8) is 0 Å². The normalized spacial score (nSPS) is 17.8. The van der Waals surface area contributed by atoms with E-state index < -0.39 is 11.9 Å². The molecular formula is C17H18FN3O2. The van der Waals surface area contributed by atoms with Crippen LogP contribution in [0.2, 0.25) is 0 Å². The maximum Gasteiger partial charge on any atom is 0.257 e. The van der Waals surface area contributed by atoms with Crippen LogP contribution in [0.25, 0.3) is 0 Å². The van der Waals surface area contributed by atoms with E-state index in [1.54, 1.807) is 41.4 Å². The van der Waals surface area contributed by atoms with Crippen molar-refractivity contribution in [2.24, 2.45) is 0 Å². The van der Waals surface area contributed by atoms with Gasteiger partial charge in [0, 0.05) is 19.3 Å². The summed E-state index contributed by atoms with van der Waals surface area (Å²) >= 11 is 0. The second-order valence-corrected chi connectivity index (χ2v) is 5.55. The van der Waals surface area contributed by atoms with Gasteiger partial charge in [-0.3, -0.25) is 4.79 Å². The molecular weight excluding hydrogens is 297 g/mol. The molecule has 1 fully saturated rings. The highest BCUT2D eigenvalue weighted by Crippen LogP contribution is 2.23. The number of halogens is 1. The summed E-state index contributed by atoms with van der Waals surface area (Å²) in [5, 5.41) is 12.6. The molecule has 1 aromatic heterocycles. The topological polar surface area (TPSA) is 65.5 Å². The number of nitrogens with zero attached hydrogens (tertiary/aromatic N) is 2. The summed E-state index contributed by atoms with van der Waals surface area (Å²) in [6.07, 6.45) is 2.53. The van der Waals surface area contributed by atoms with Crippen molar-refractivity contribution < 1.29 is 14.3 Å². The largest absolute Gasteiger partial charge is 0.391 e. The standard InChI is InChI=1S/C17H18FN3O2/c18-14-7-1-2-8-15(14)20-16-13(6-3-9-19-16)17(23)21-10-4-5-12(22)11-21/h1-3,6-9,12,22H,4-5,10-11H2,(H,19,20). The van der Waals surface area contributed by atoms with Crippen molar-refractivity contribution in [2.75, 3.05) is 18.4 Å². The van der Waals surface area contributed by atoms with E-state index in [1.165, 1.54) is 6.07 Å². The highest BCUT2D eigenvalue weighted by molar-refractivity contribution is 5.99. The van der Waals surface area contributed by atoms with Crippen molar-refractivity contribution in [3.05, 3.63) is 54.0 Å². The number of rotatable bonds is 3. The van der Waals surface area contributed by atoms with Gasteiger partial charge < -0.3 is 15.3 Å². The van der Waals surface area contributed by atoms with E-state index >= 15 is 0 Å². The molecule has 5 nitrogen and oxygen atoms in total. The molecule has 1 atom stereocenters. The second-order valence-electron chi connectivity index (χ2n) is 5.55. The Bertz CT molecular complexity index is 708. The number of β-amino-alcohol motifs (C(OH)–C–C–N with tert-alkyl or cyclic N) is 1. The number of aromatic nitrogens is 1. The van der Waals surface area contributed by atoms with Crippen molar-refractivity contribution in [1.29, 1.82) is 0 Å². The molecule has 1 aromatic carbocycles. The molecule has 0 aliphatic carbocycles. The molecule has 0 spiro atoms. The van der Waals surface area contributed by atoms with Crippen LogP contribution in [0.1, 0.15) is 23.2 Å². The molecule has 3 rings (SSSR count). The number of carbonyl (C=O) groups excluding carboxylic acids is 1.